The van der Waals surface area contributed by atoms with Crippen LogP contribution in [-0.2, 0) is 19.4 Å². The predicted molar refractivity (Wildman–Crippen MR) is 117 cm³/mol. The van der Waals surface area contributed by atoms with Crippen LogP contribution in [0.5, 0.6) is 5.75 Å². The first-order chi connectivity index (χ1) is 14.8. The summed E-state index contributed by atoms with van der Waals surface area (Å²) in [6, 6.07) is 11.1. The van der Waals surface area contributed by atoms with Crippen LogP contribution in [0.2, 0.25) is 0 Å². The minimum Gasteiger partial charge on any atom is -0.496 e. The van der Waals surface area contributed by atoms with Gasteiger partial charge in [-0.3, -0.25) is 9.88 Å². The molecule has 1 aliphatic carbocycles. The summed E-state index contributed by atoms with van der Waals surface area (Å²) in [4.78, 5) is 15.8. The van der Waals surface area contributed by atoms with Gasteiger partial charge in [0.2, 0.25) is 0 Å². The average Bonchev–Trinajstić information content (AvgIpc) is 3.43. The molecule has 6 nitrogen and oxygen atoms in total. The number of ether oxygens (including phenoxy) is 1. The molecule has 3 aromatic rings. The summed E-state index contributed by atoms with van der Waals surface area (Å²) in [6.07, 6.45) is 11.0. The molecule has 154 valence electrons. The molecule has 2 aliphatic rings. The first-order valence-corrected chi connectivity index (χ1v) is 10.7. The van der Waals surface area contributed by atoms with Gasteiger partial charge in [-0.2, -0.15) is 0 Å². The van der Waals surface area contributed by atoms with E-state index < -0.39 is 0 Å². The molecule has 0 amide bonds. The lowest BCUT2D eigenvalue weighted by Gasteiger charge is -2.25. The highest BCUT2D eigenvalue weighted by Crippen LogP contribution is 2.36. The fourth-order valence-electron chi connectivity index (χ4n) is 4.74. The van der Waals surface area contributed by atoms with Gasteiger partial charge < -0.3 is 10.1 Å². The van der Waals surface area contributed by atoms with Crippen molar-refractivity contribution in [2.75, 3.05) is 19.0 Å². The normalized spacial score (nSPS) is 18.4. The molecule has 0 radical (unpaired) electrons. The Morgan fingerprint density at radius 2 is 2.00 bits per heavy atom. The number of rotatable bonds is 6. The molecule has 1 fully saturated rings. The summed E-state index contributed by atoms with van der Waals surface area (Å²) < 4.78 is 5.74. The van der Waals surface area contributed by atoms with Gasteiger partial charge in [0.25, 0.3) is 0 Å². The monoisotopic (exact) mass is 401 g/mol. The smallest absolute Gasteiger partial charge is 0.150 e. The zero-order valence-electron chi connectivity index (χ0n) is 17.3. The molecular formula is C24H27N5O. The SMILES string of the molecule is COc1cc2c(cc1CN1CCCC1c1cccc(Nc3cnccn3)n1)CCC2. The number of methoxy groups -OCH3 is 1. The standard InChI is InChI=1S/C24H27N5O/c1-30-22-14-18-6-2-5-17(18)13-19(22)16-29-12-4-8-21(29)20-7-3-9-23(27-20)28-24-15-25-10-11-26-24/h3,7,9-11,13-15,21H,2,4-6,8,12,16H2,1H3,(H,26,27,28). The minimum absolute atomic E-state index is 0.312. The lowest BCUT2D eigenvalue weighted by Crippen LogP contribution is -2.24. The van der Waals surface area contributed by atoms with Gasteiger partial charge in [-0.15, -0.1) is 0 Å². The van der Waals surface area contributed by atoms with E-state index in [0.29, 0.717) is 11.9 Å². The molecule has 30 heavy (non-hydrogen) atoms. The molecule has 5 rings (SSSR count). The Labute approximate surface area is 177 Å². The van der Waals surface area contributed by atoms with Crippen LogP contribution in [0.15, 0.2) is 48.9 Å². The number of pyridine rings is 1. The van der Waals surface area contributed by atoms with Gasteiger partial charge in [0, 0.05) is 24.5 Å². The Hall–Kier alpha value is -2.99. The van der Waals surface area contributed by atoms with Gasteiger partial charge >= 0.3 is 0 Å². The number of benzene rings is 1. The van der Waals surface area contributed by atoms with E-state index in [9.17, 15) is 0 Å². The molecule has 1 aromatic carbocycles. The second-order valence-corrected chi connectivity index (χ2v) is 8.08. The number of nitrogens with one attached hydrogen (secondary N) is 1. The summed E-state index contributed by atoms with van der Waals surface area (Å²) in [5, 5.41) is 3.26. The van der Waals surface area contributed by atoms with Crippen molar-refractivity contribution >= 4 is 11.6 Å². The molecule has 1 atom stereocenters. The number of hydrogen-bond donors (Lipinski definition) is 1. The van der Waals surface area contributed by atoms with Gasteiger partial charge in [0.1, 0.15) is 17.4 Å². The lowest BCUT2D eigenvalue weighted by atomic mass is 10.0. The highest BCUT2D eigenvalue weighted by atomic mass is 16.5. The Morgan fingerprint density at radius 3 is 2.83 bits per heavy atom. The number of fused-ring (bicyclic) bond motifs is 1. The van der Waals surface area contributed by atoms with Gasteiger partial charge in [0.05, 0.1) is 25.0 Å². The molecule has 1 N–H and O–H groups in total. The maximum atomic E-state index is 5.74. The molecule has 3 heterocycles. The van der Waals surface area contributed by atoms with E-state index >= 15 is 0 Å². The van der Waals surface area contributed by atoms with Crippen molar-refractivity contribution in [3.05, 3.63) is 71.3 Å². The van der Waals surface area contributed by atoms with E-state index in [0.717, 1.165) is 36.8 Å². The number of aromatic nitrogens is 3. The molecule has 0 bridgehead atoms. The highest BCUT2D eigenvalue weighted by Gasteiger charge is 2.28. The molecule has 0 saturated carbocycles. The van der Waals surface area contributed by atoms with E-state index in [1.165, 1.54) is 42.4 Å². The van der Waals surface area contributed by atoms with Crippen LogP contribution in [0.1, 0.15) is 47.7 Å². The second-order valence-electron chi connectivity index (χ2n) is 8.08. The number of hydrogen-bond acceptors (Lipinski definition) is 6. The third-order valence-corrected chi connectivity index (χ3v) is 6.16. The van der Waals surface area contributed by atoms with Crippen LogP contribution in [0, 0.1) is 0 Å². The third kappa shape index (κ3) is 3.87. The van der Waals surface area contributed by atoms with Gasteiger partial charge in [-0.05, 0) is 68.0 Å². The average molecular weight is 402 g/mol. The minimum atomic E-state index is 0.312. The largest absolute Gasteiger partial charge is 0.496 e. The van der Waals surface area contributed by atoms with E-state index in [2.05, 4.69) is 44.5 Å². The molecule has 1 saturated heterocycles. The summed E-state index contributed by atoms with van der Waals surface area (Å²) >= 11 is 0. The second kappa shape index (κ2) is 8.40. The number of likely N-dealkylation sites (tertiary alicyclic amines) is 1. The first kappa shape index (κ1) is 19.0. The molecule has 1 unspecified atom stereocenters. The fraction of sp³-hybridized carbons (Fsp3) is 0.375. The zero-order chi connectivity index (χ0) is 20.3. The number of aryl methyl sites for hydroxylation is 2. The van der Waals surface area contributed by atoms with Crippen LogP contribution in [0.25, 0.3) is 0 Å². The predicted octanol–water partition coefficient (Wildman–Crippen LogP) is 4.45. The summed E-state index contributed by atoms with van der Waals surface area (Å²) in [7, 11) is 1.78. The Morgan fingerprint density at radius 1 is 1.10 bits per heavy atom. The quantitative estimate of drug-likeness (QED) is 0.658. The van der Waals surface area contributed by atoms with E-state index in [1.807, 2.05) is 6.07 Å². The van der Waals surface area contributed by atoms with Crippen molar-refractivity contribution in [2.45, 2.75) is 44.7 Å². The molecular weight excluding hydrogens is 374 g/mol. The fourth-order valence-corrected chi connectivity index (χ4v) is 4.74. The van der Waals surface area contributed by atoms with Crippen molar-refractivity contribution in [3.8, 4) is 5.75 Å². The summed E-state index contributed by atoms with van der Waals surface area (Å²) in [5.41, 5.74) is 5.34. The summed E-state index contributed by atoms with van der Waals surface area (Å²) in [6.45, 7) is 1.97. The lowest BCUT2D eigenvalue weighted by molar-refractivity contribution is 0.240. The van der Waals surface area contributed by atoms with E-state index in [-0.39, 0.29) is 0 Å². The van der Waals surface area contributed by atoms with Crippen LogP contribution in [0.3, 0.4) is 0 Å². The Bertz CT molecular complexity index is 1020. The zero-order valence-corrected chi connectivity index (χ0v) is 17.3. The molecule has 2 aromatic heterocycles. The maximum Gasteiger partial charge on any atom is 0.150 e. The van der Waals surface area contributed by atoms with Crippen LogP contribution >= 0.6 is 0 Å². The Balaban J connectivity index is 1.36. The molecule has 0 spiro atoms. The van der Waals surface area contributed by atoms with Gasteiger partial charge in [-0.1, -0.05) is 12.1 Å². The van der Waals surface area contributed by atoms with E-state index in [4.69, 9.17) is 9.72 Å². The van der Waals surface area contributed by atoms with Crippen LogP contribution in [-0.4, -0.2) is 33.5 Å². The van der Waals surface area contributed by atoms with Crippen molar-refractivity contribution in [3.63, 3.8) is 0 Å². The van der Waals surface area contributed by atoms with Crippen molar-refractivity contribution in [1.29, 1.82) is 0 Å². The van der Waals surface area contributed by atoms with Crippen molar-refractivity contribution in [1.82, 2.24) is 19.9 Å². The number of nitrogens with zero attached hydrogens (tertiary/aromatic N) is 4. The topological polar surface area (TPSA) is 63.2 Å². The van der Waals surface area contributed by atoms with Crippen LogP contribution < -0.4 is 10.1 Å². The van der Waals surface area contributed by atoms with Gasteiger partial charge in [-0.25, -0.2) is 9.97 Å². The summed E-state index contributed by atoms with van der Waals surface area (Å²) in [5.74, 6) is 2.52. The van der Waals surface area contributed by atoms with Crippen molar-refractivity contribution in [2.24, 2.45) is 0 Å². The van der Waals surface area contributed by atoms with Crippen LogP contribution in [0.4, 0.5) is 11.6 Å². The molecule has 1 aliphatic heterocycles. The maximum absolute atomic E-state index is 5.74. The van der Waals surface area contributed by atoms with E-state index in [1.54, 1.807) is 25.7 Å². The highest BCUT2D eigenvalue weighted by molar-refractivity contribution is 5.50. The van der Waals surface area contributed by atoms with Gasteiger partial charge in [0.15, 0.2) is 0 Å². The third-order valence-electron chi connectivity index (χ3n) is 6.16. The first-order valence-electron chi connectivity index (χ1n) is 10.7. The molecule has 6 heteroatoms. The Kier molecular flexibility index (Phi) is 5.32. The van der Waals surface area contributed by atoms with Crippen molar-refractivity contribution < 1.29 is 4.74 Å². The number of anilines is 2.